The summed E-state index contributed by atoms with van der Waals surface area (Å²) in [5.74, 6) is 2.65. The third-order valence-corrected chi connectivity index (χ3v) is 7.90. The highest BCUT2D eigenvalue weighted by Gasteiger charge is 2.42. The van der Waals surface area contributed by atoms with Crippen molar-refractivity contribution in [3.63, 3.8) is 0 Å². The first-order chi connectivity index (χ1) is 15.1. The molecule has 170 valence electrons. The molecule has 2 saturated carbocycles. The number of fused-ring (bicyclic) bond motifs is 1. The Labute approximate surface area is 185 Å². The van der Waals surface area contributed by atoms with Crippen molar-refractivity contribution in [1.29, 1.82) is 0 Å². The van der Waals surface area contributed by atoms with Crippen molar-refractivity contribution < 1.29 is 14.6 Å². The molecule has 2 N–H and O–H groups in total. The van der Waals surface area contributed by atoms with Crippen molar-refractivity contribution in [1.82, 2.24) is 15.2 Å². The second-order valence-electron chi connectivity index (χ2n) is 9.91. The molecule has 1 saturated heterocycles. The second-order valence-corrected chi connectivity index (χ2v) is 9.91. The Morgan fingerprint density at radius 3 is 2.68 bits per heavy atom. The van der Waals surface area contributed by atoms with E-state index in [4.69, 9.17) is 4.74 Å². The first kappa shape index (κ1) is 21.0. The zero-order valence-electron chi connectivity index (χ0n) is 18.5. The minimum Gasteiger partial charge on any atom is -0.489 e. The van der Waals surface area contributed by atoms with Gasteiger partial charge in [-0.1, -0.05) is 0 Å². The lowest BCUT2D eigenvalue weighted by atomic mass is 9.78. The number of pyridine rings is 1. The normalized spacial score (nSPS) is 27.8. The molecule has 0 bridgehead atoms. The van der Waals surface area contributed by atoms with Crippen LogP contribution in [0.4, 0.5) is 5.82 Å². The van der Waals surface area contributed by atoms with Gasteiger partial charge in [-0.25, -0.2) is 4.98 Å². The highest BCUT2D eigenvalue weighted by atomic mass is 16.5. The molecule has 5 rings (SSSR count). The lowest BCUT2D eigenvalue weighted by Gasteiger charge is -2.38. The highest BCUT2D eigenvalue weighted by molar-refractivity contribution is 5.86. The smallest absolute Gasteiger partial charge is 0.252 e. The summed E-state index contributed by atoms with van der Waals surface area (Å²) in [5, 5.41) is 13.3. The molecule has 0 atom stereocenters. The lowest BCUT2D eigenvalue weighted by Crippen LogP contribution is -2.54. The van der Waals surface area contributed by atoms with Crippen LogP contribution in [0.25, 0.3) is 0 Å². The van der Waals surface area contributed by atoms with Crippen LogP contribution in [0.5, 0.6) is 5.75 Å². The monoisotopic (exact) mass is 428 g/mol. The number of carbonyl (C=O) groups is 1. The Morgan fingerprint density at radius 2 is 1.97 bits per heavy atom. The molecule has 31 heavy (non-hydrogen) atoms. The molecule has 7 nitrogen and oxygen atoms in total. The molecule has 0 spiro atoms. The summed E-state index contributed by atoms with van der Waals surface area (Å²) >= 11 is 0. The summed E-state index contributed by atoms with van der Waals surface area (Å²) in [6, 6.07) is 2.33. The predicted octanol–water partition coefficient (Wildman–Crippen LogP) is 2.12. The van der Waals surface area contributed by atoms with Gasteiger partial charge in [-0.05, 0) is 69.9 Å². The third kappa shape index (κ3) is 4.53. The van der Waals surface area contributed by atoms with Crippen LogP contribution < -0.4 is 15.0 Å². The van der Waals surface area contributed by atoms with Crippen LogP contribution in [0.15, 0.2) is 12.3 Å². The molecule has 0 unspecified atom stereocenters. The molecule has 2 aliphatic heterocycles. The van der Waals surface area contributed by atoms with Crippen LogP contribution in [0.3, 0.4) is 0 Å². The fourth-order valence-electron chi connectivity index (χ4n) is 5.52. The molecule has 0 aromatic carbocycles. The summed E-state index contributed by atoms with van der Waals surface area (Å²) in [5.41, 5.74) is 0.224. The number of aromatic nitrogens is 1. The van der Waals surface area contributed by atoms with Crippen LogP contribution in [-0.2, 0) is 11.2 Å². The molecule has 1 aromatic heterocycles. The zero-order valence-corrected chi connectivity index (χ0v) is 18.5. The van der Waals surface area contributed by atoms with Crippen molar-refractivity contribution in [3.8, 4) is 5.75 Å². The number of nitrogens with zero attached hydrogens (tertiary/aromatic N) is 3. The average molecular weight is 429 g/mol. The van der Waals surface area contributed by atoms with Crippen molar-refractivity contribution in [2.75, 3.05) is 44.2 Å². The number of carbonyl (C=O) groups excluding carboxylic acids is 1. The van der Waals surface area contributed by atoms with Crippen LogP contribution in [0.2, 0.25) is 0 Å². The number of amides is 1. The summed E-state index contributed by atoms with van der Waals surface area (Å²) in [4.78, 5) is 21.8. The van der Waals surface area contributed by atoms with Gasteiger partial charge in [-0.15, -0.1) is 0 Å². The van der Waals surface area contributed by atoms with Gasteiger partial charge < -0.3 is 20.1 Å². The van der Waals surface area contributed by atoms with E-state index in [0.29, 0.717) is 12.8 Å². The third-order valence-electron chi connectivity index (χ3n) is 7.90. The van der Waals surface area contributed by atoms with Gasteiger partial charge >= 0.3 is 0 Å². The van der Waals surface area contributed by atoms with Gasteiger partial charge in [0.25, 0.3) is 5.91 Å². The first-order valence-electron chi connectivity index (χ1n) is 12.2. The fourth-order valence-corrected chi connectivity index (χ4v) is 5.52. The molecular weight excluding hydrogens is 392 g/mol. The molecule has 1 amide bonds. The van der Waals surface area contributed by atoms with Gasteiger partial charge in [-0.3, -0.25) is 9.69 Å². The molecule has 1 aromatic rings. The molecule has 4 aliphatic rings. The average Bonchev–Trinajstić information content (AvgIpc) is 3.26. The molecule has 7 heteroatoms. The Bertz CT molecular complexity index is 781. The second kappa shape index (κ2) is 8.94. The van der Waals surface area contributed by atoms with Gasteiger partial charge in [0.2, 0.25) is 0 Å². The minimum absolute atomic E-state index is 0.135. The zero-order chi connectivity index (χ0) is 21.3. The SMILES string of the molecule is O=C(N[C@H]1CC[C@H](CCN2CCN(c3nccc4c3OCC4)CC2)CC1)C1(O)CCC1. The van der Waals surface area contributed by atoms with E-state index in [9.17, 15) is 9.90 Å². The summed E-state index contributed by atoms with van der Waals surface area (Å²) in [6.07, 6.45) is 10.8. The summed E-state index contributed by atoms with van der Waals surface area (Å²) in [7, 11) is 0. The van der Waals surface area contributed by atoms with E-state index in [0.717, 1.165) is 82.5 Å². The summed E-state index contributed by atoms with van der Waals surface area (Å²) < 4.78 is 5.84. The molecule has 0 radical (unpaired) electrons. The van der Waals surface area contributed by atoms with Crippen molar-refractivity contribution >= 4 is 11.7 Å². The Morgan fingerprint density at radius 1 is 1.19 bits per heavy atom. The maximum absolute atomic E-state index is 12.2. The van der Waals surface area contributed by atoms with E-state index >= 15 is 0 Å². The molecule has 2 aliphatic carbocycles. The van der Waals surface area contributed by atoms with Gasteiger partial charge in [0.15, 0.2) is 11.6 Å². The van der Waals surface area contributed by atoms with Crippen LogP contribution in [-0.4, -0.2) is 71.9 Å². The minimum atomic E-state index is -1.07. The summed E-state index contributed by atoms with van der Waals surface area (Å²) in [6.45, 7) is 6.11. The van der Waals surface area contributed by atoms with E-state index < -0.39 is 5.60 Å². The van der Waals surface area contributed by atoms with E-state index in [-0.39, 0.29) is 11.9 Å². The fraction of sp³-hybridized carbons (Fsp3) is 0.750. The van der Waals surface area contributed by atoms with E-state index in [1.807, 2.05) is 6.20 Å². The quantitative estimate of drug-likeness (QED) is 0.723. The molecular formula is C24H36N4O3. The largest absolute Gasteiger partial charge is 0.489 e. The number of rotatable bonds is 6. The van der Waals surface area contributed by atoms with E-state index in [1.54, 1.807) is 0 Å². The standard InChI is InChI=1S/C24H36N4O3/c29-23(24(30)9-1-10-24)26-20-4-2-18(3-5-20)7-12-27-13-15-28(16-14-27)22-21-19(6-11-25-22)8-17-31-21/h6,11,18,20,30H,1-5,7-10,12-17H2,(H,26,29)/t18-,20-. The van der Waals surface area contributed by atoms with Crippen LogP contribution in [0, 0.1) is 5.92 Å². The number of nitrogens with one attached hydrogen (secondary N) is 1. The maximum atomic E-state index is 12.2. The molecule has 3 heterocycles. The molecule has 3 fully saturated rings. The topological polar surface area (TPSA) is 77.9 Å². The van der Waals surface area contributed by atoms with E-state index in [1.165, 1.54) is 24.8 Å². The number of hydrogen-bond donors (Lipinski definition) is 2. The number of aliphatic hydroxyl groups is 1. The highest BCUT2D eigenvalue weighted by Crippen LogP contribution is 2.35. The van der Waals surface area contributed by atoms with Gasteiger partial charge in [0.1, 0.15) is 5.60 Å². The number of hydrogen-bond acceptors (Lipinski definition) is 6. The number of piperazine rings is 1. The Kier molecular flexibility index (Phi) is 6.06. The Balaban J connectivity index is 1.02. The van der Waals surface area contributed by atoms with Crippen molar-refractivity contribution in [2.24, 2.45) is 5.92 Å². The van der Waals surface area contributed by atoms with Gasteiger partial charge in [-0.2, -0.15) is 0 Å². The lowest BCUT2D eigenvalue weighted by molar-refractivity contribution is -0.149. The number of ether oxygens (including phenoxy) is 1. The van der Waals surface area contributed by atoms with Crippen LogP contribution >= 0.6 is 0 Å². The maximum Gasteiger partial charge on any atom is 0.252 e. The van der Waals surface area contributed by atoms with Crippen LogP contribution in [0.1, 0.15) is 56.9 Å². The number of anilines is 1. The van der Waals surface area contributed by atoms with Crippen molar-refractivity contribution in [2.45, 2.75) is 69.4 Å². The van der Waals surface area contributed by atoms with Crippen molar-refractivity contribution in [3.05, 3.63) is 17.8 Å². The van der Waals surface area contributed by atoms with Gasteiger partial charge in [0.05, 0.1) is 6.61 Å². The Hall–Kier alpha value is -1.86. The predicted molar refractivity (Wildman–Crippen MR) is 119 cm³/mol. The van der Waals surface area contributed by atoms with Gasteiger partial charge in [0, 0.05) is 50.4 Å². The van der Waals surface area contributed by atoms with E-state index in [2.05, 4.69) is 26.2 Å². The first-order valence-corrected chi connectivity index (χ1v) is 12.2.